The minimum atomic E-state index is -1.19. The molecule has 1 saturated carbocycles. The molecular weight excluding hydrogens is 292 g/mol. The van der Waals surface area contributed by atoms with E-state index in [1.165, 1.54) is 12.3 Å². The zero-order valence-electron chi connectivity index (χ0n) is 11.9. The summed E-state index contributed by atoms with van der Waals surface area (Å²) in [5.41, 5.74) is -0.987. The Morgan fingerprint density at radius 2 is 2.14 bits per heavy atom. The fourth-order valence-corrected chi connectivity index (χ4v) is 3.02. The number of hydrogen-bond acceptors (Lipinski definition) is 3. The molecule has 114 valence electrons. The number of pyridine rings is 1. The fourth-order valence-electron chi connectivity index (χ4n) is 2.81. The van der Waals surface area contributed by atoms with E-state index in [0.29, 0.717) is 18.8 Å². The van der Waals surface area contributed by atoms with E-state index in [1.807, 2.05) is 0 Å². The second kappa shape index (κ2) is 6.43. The Hall–Kier alpha value is -1.62. The van der Waals surface area contributed by atoms with Gasteiger partial charge in [-0.2, -0.15) is 0 Å². The minimum Gasteiger partial charge on any atom is -0.480 e. The van der Waals surface area contributed by atoms with Crippen molar-refractivity contribution >= 4 is 23.5 Å². The number of carbonyl (C=O) groups excluding carboxylic acids is 1. The van der Waals surface area contributed by atoms with Crippen molar-refractivity contribution < 1.29 is 14.7 Å². The topological polar surface area (TPSA) is 79.3 Å². The maximum atomic E-state index is 12.3. The number of rotatable bonds is 4. The van der Waals surface area contributed by atoms with E-state index in [0.717, 1.165) is 19.3 Å². The van der Waals surface area contributed by atoms with E-state index in [2.05, 4.69) is 17.2 Å². The number of halogens is 1. The number of carboxylic acid groups (broad SMARTS) is 1. The number of carboxylic acids is 1. The lowest BCUT2D eigenvalue weighted by molar-refractivity contribution is -0.146. The highest BCUT2D eigenvalue weighted by Gasteiger charge is 2.43. The Labute approximate surface area is 128 Å². The summed E-state index contributed by atoms with van der Waals surface area (Å²) in [6, 6.07) is 3.14. The van der Waals surface area contributed by atoms with Gasteiger partial charge in [0, 0.05) is 6.20 Å². The van der Waals surface area contributed by atoms with Gasteiger partial charge in [-0.05, 0) is 43.7 Å². The maximum Gasteiger partial charge on any atom is 0.329 e. The molecule has 1 aromatic heterocycles. The molecule has 21 heavy (non-hydrogen) atoms. The van der Waals surface area contributed by atoms with E-state index in [4.69, 9.17) is 11.6 Å². The lowest BCUT2D eigenvalue weighted by Crippen LogP contribution is -2.56. The van der Waals surface area contributed by atoms with Crippen molar-refractivity contribution in [3.05, 3.63) is 29.0 Å². The summed E-state index contributed by atoms with van der Waals surface area (Å²) in [7, 11) is 0. The number of amides is 1. The highest BCUT2D eigenvalue weighted by atomic mass is 35.5. The number of carbonyl (C=O) groups is 2. The first-order valence-electron chi connectivity index (χ1n) is 7.15. The third kappa shape index (κ3) is 3.35. The van der Waals surface area contributed by atoms with Gasteiger partial charge in [0.1, 0.15) is 10.7 Å². The molecule has 1 aliphatic rings. The minimum absolute atomic E-state index is 0.0813. The second-order valence-electron chi connectivity index (χ2n) is 5.53. The van der Waals surface area contributed by atoms with E-state index < -0.39 is 17.4 Å². The van der Waals surface area contributed by atoms with Crippen molar-refractivity contribution in [1.82, 2.24) is 10.3 Å². The smallest absolute Gasteiger partial charge is 0.329 e. The summed E-state index contributed by atoms with van der Waals surface area (Å²) >= 11 is 5.89. The Morgan fingerprint density at radius 3 is 2.67 bits per heavy atom. The van der Waals surface area contributed by atoms with Gasteiger partial charge >= 0.3 is 5.97 Å². The summed E-state index contributed by atoms with van der Waals surface area (Å²) < 4.78 is 0. The van der Waals surface area contributed by atoms with Crippen LogP contribution in [0.3, 0.4) is 0 Å². The van der Waals surface area contributed by atoms with Gasteiger partial charge in [0.2, 0.25) is 0 Å². The van der Waals surface area contributed by atoms with Gasteiger partial charge < -0.3 is 10.4 Å². The first kappa shape index (κ1) is 15.8. The van der Waals surface area contributed by atoms with Crippen LogP contribution in [-0.4, -0.2) is 27.5 Å². The van der Waals surface area contributed by atoms with Crippen molar-refractivity contribution in [2.75, 3.05) is 0 Å². The maximum absolute atomic E-state index is 12.3. The van der Waals surface area contributed by atoms with Gasteiger partial charge in [0.25, 0.3) is 5.91 Å². The van der Waals surface area contributed by atoms with Crippen LogP contribution in [0.5, 0.6) is 0 Å². The SMILES string of the molecule is CCC1CCC(NC(=O)c2cccnc2Cl)(C(=O)O)CC1. The molecule has 1 heterocycles. The average molecular weight is 311 g/mol. The molecule has 0 spiro atoms. The van der Waals surface area contributed by atoms with E-state index in [-0.39, 0.29) is 10.7 Å². The summed E-state index contributed by atoms with van der Waals surface area (Å²) in [4.78, 5) is 27.8. The highest BCUT2D eigenvalue weighted by molar-refractivity contribution is 6.32. The molecule has 2 rings (SSSR count). The van der Waals surface area contributed by atoms with Gasteiger partial charge in [-0.1, -0.05) is 24.9 Å². The van der Waals surface area contributed by atoms with Crippen molar-refractivity contribution in [3.63, 3.8) is 0 Å². The molecule has 1 amide bonds. The third-order valence-electron chi connectivity index (χ3n) is 4.30. The van der Waals surface area contributed by atoms with Crippen molar-refractivity contribution in [2.45, 2.75) is 44.6 Å². The monoisotopic (exact) mass is 310 g/mol. The van der Waals surface area contributed by atoms with Crippen LogP contribution in [0, 0.1) is 5.92 Å². The molecule has 1 aromatic rings. The number of hydrogen-bond donors (Lipinski definition) is 2. The zero-order valence-corrected chi connectivity index (χ0v) is 12.7. The molecular formula is C15H19ClN2O3. The van der Waals surface area contributed by atoms with Crippen LogP contribution < -0.4 is 5.32 Å². The normalized spacial score (nSPS) is 25.3. The predicted molar refractivity (Wildman–Crippen MR) is 79.3 cm³/mol. The molecule has 0 radical (unpaired) electrons. The summed E-state index contributed by atoms with van der Waals surface area (Å²) in [5, 5.41) is 12.3. The summed E-state index contributed by atoms with van der Waals surface area (Å²) in [6.45, 7) is 2.10. The largest absolute Gasteiger partial charge is 0.480 e. The van der Waals surface area contributed by atoms with Crippen LogP contribution in [0.15, 0.2) is 18.3 Å². The molecule has 1 fully saturated rings. The molecule has 0 saturated heterocycles. The van der Waals surface area contributed by atoms with Crippen molar-refractivity contribution in [2.24, 2.45) is 5.92 Å². The quantitative estimate of drug-likeness (QED) is 0.838. The van der Waals surface area contributed by atoms with Crippen LogP contribution in [0.2, 0.25) is 5.15 Å². The number of nitrogens with one attached hydrogen (secondary N) is 1. The molecule has 0 atom stereocenters. The van der Waals surface area contributed by atoms with E-state index >= 15 is 0 Å². The van der Waals surface area contributed by atoms with Crippen LogP contribution in [0.4, 0.5) is 0 Å². The van der Waals surface area contributed by atoms with Gasteiger partial charge in [0.05, 0.1) is 5.56 Å². The van der Waals surface area contributed by atoms with Crippen LogP contribution in [0.1, 0.15) is 49.4 Å². The highest BCUT2D eigenvalue weighted by Crippen LogP contribution is 2.34. The van der Waals surface area contributed by atoms with Crippen LogP contribution >= 0.6 is 11.6 Å². The lowest BCUT2D eigenvalue weighted by Gasteiger charge is -2.37. The summed E-state index contributed by atoms with van der Waals surface area (Å²) in [5.74, 6) is -0.924. The predicted octanol–water partition coefficient (Wildman–Crippen LogP) is 2.89. The van der Waals surface area contributed by atoms with Gasteiger partial charge in [-0.3, -0.25) is 4.79 Å². The number of nitrogens with zero attached hydrogens (tertiary/aromatic N) is 1. The first-order valence-corrected chi connectivity index (χ1v) is 7.52. The van der Waals surface area contributed by atoms with Gasteiger partial charge in [-0.15, -0.1) is 0 Å². The number of aromatic nitrogens is 1. The Morgan fingerprint density at radius 1 is 1.48 bits per heavy atom. The molecule has 6 heteroatoms. The zero-order chi connectivity index (χ0) is 15.5. The average Bonchev–Trinajstić information content (AvgIpc) is 2.48. The summed E-state index contributed by atoms with van der Waals surface area (Å²) in [6.07, 6.45) is 5.04. The Kier molecular flexibility index (Phi) is 4.83. The molecule has 5 nitrogen and oxygen atoms in total. The second-order valence-corrected chi connectivity index (χ2v) is 5.89. The van der Waals surface area contributed by atoms with Gasteiger partial charge in [-0.25, -0.2) is 9.78 Å². The Bertz CT molecular complexity index is 539. The molecule has 0 unspecified atom stereocenters. The van der Waals surface area contributed by atoms with Crippen molar-refractivity contribution in [3.8, 4) is 0 Å². The molecule has 0 aromatic carbocycles. The molecule has 2 N–H and O–H groups in total. The Balaban J connectivity index is 2.16. The van der Waals surface area contributed by atoms with Crippen LogP contribution in [0.25, 0.3) is 0 Å². The number of aliphatic carboxylic acids is 1. The van der Waals surface area contributed by atoms with Crippen LogP contribution in [-0.2, 0) is 4.79 Å². The molecule has 0 aliphatic heterocycles. The standard InChI is InChI=1S/C15H19ClN2O3/c1-2-10-5-7-15(8-6-10,14(20)21)18-13(19)11-4-3-9-17-12(11)16/h3-4,9-10H,2,5-8H2,1H3,(H,18,19)(H,20,21). The van der Waals surface area contributed by atoms with Gasteiger partial charge in [0.15, 0.2) is 0 Å². The fraction of sp³-hybridized carbons (Fsp3) is 0.533. The first-order chi connectivity index (χ1) is 9.98. The van der Waals surface area contributed by atoms with E-state index in [9.17, 15) is 14.7 Å². The molecule has 1 aliphatic carbocycles. The third-order valence-corrected chi connectivity index (χ3v) is 4.60. The van der Waals surface area contributed by atoms with Crippen molar-refractivity contribution in [1.29, 1.82) is 0 Å². The molecule has 0 bridgehead atoms. The van der Waals surface area contributed by atoms with E-state index in [1.54, 1.807) is 6.07 Å². The lowest BCUT2D eigenvalue weighted by atomic mass is 9.75.